The van der Waals surface area contributed by atoms with Crippen LogP contribution in [0.25, 0.3) is 0 Å². The average molecular weight is 434 g/mol. The first kappa shape index (κ1) is 21.4. The van der Waals surface area contributed by atoms with E-state index in [0.29, 0.717) is 34.5 Å². The fraction of sp³-hybridized carbons (Fsp3) is 0.333. The number of hydrogen-bond acceptors (Lipinski definition) is 5. The molecule has 0 unspecified atom stereocenters. The van der Waals surface area contributed by atoms with Crippen LogP contribution in [-0.4, -0.2) is 44.0 Å². The lowest BCUT2D eigenvalue weighted by Crippen LogP contribution is -2.36. The molecule has 6 nitrogen and oxygen atoms in total. The van der Waals surface area contributed by atoms with Crippen LogP contribution >= 0.6 is 23.8 Å². The van der Waals surface area contributed by atoms with Crippen molar-refractivity contribution in [3.8, 4) is 0 Å². The van der Waals surface area contributed by atoms with E-state index in [4.69, 9.17) is 33.3 Å². The van der Waals surface area contributed by atoms with E-state index in [9.17, 15) is 4.79 Å². The number of morpholine rings is 1. The molecule has 0 radical (unpaired) electrons. The third-order valence-corrected chi connectivity index (χ3v) is 5.05. The van der Waals surface area contributed by atoms with Crippen molar-refractivity contribution in [3.63, 3.8) is 0 Å². The Balaban J connectivity index is 1.50. The summed E-state index contributed by atoms with van der Waals surface area (Å²) in [6.45, 7) is 6.04. The normalized spacial score (nSPS) is 13.7. The van der Waals surface area contributed by atoms with Gasteiger partial charge in [-0.3, -0.25) is 0 Å². The molecule has 1 fully saturated rings. The highest BCUT2D eigenvalue weighted by Crippen LogP contribution is 2.22. The molecule has 1 heterocycles. The highest BCUT2D eigenvalue weighted by Gasteiger charge is 2.13. The van der Waals surface area contributed by atoms with Gasteiger partial charge in [-0.15, -0.1) is 0 Å². The maximum Gasteiger partial charge on any atom is 0.339 e. The van der Waals surface area contributed by atoms with Crippen molar-refractivity contribution >= 4 is 46.3 Å². The Labute approximate surface area is 181 Å². The fourth-order valence-electron chi connectivity index (χ4n) is 2.97. The van der Waals surface area contributed by atoms with Gasteiger partial charge in [-0.05, 0) is 55.0 Å². The van der Waals surface area contributed by atoms with Crippen LogP contribution in [-0.2, 0) is 16.0 Å². The molecule has 2 aromatic carbocycles. The van der Waals surface area contributed by atoms with Gasteiger partial charge in [-0.2, -0.15) is 0 Å². The lowest BCUT2D eigenvalue weighted by Gasteiger charge is -2.28. The number of rotatable bonds is 6. The summed E-state index contributed by atoms with van der Waals surface area (Å²) in [5.41, 5.74) is 3.36. The van der Waals surface area contributed by atoms with E-state index in [1.165, 1.54) is 5.69 Å². The third-order valence-electron chi connectivity index (χ3n) is 4.49. The molecule has 0 aromatic heterocycles. The summed E-state index contributed by atoms with van der Waals surface area (Å²) < 4.78 is 10.4. The van der Waals surface area contributed by atoms with Gasteiger partial charge < -0.3 is 25.0 Å². The average Bonchev–Trinajstić information content (AvgIpc) is 2.73. The molecule has 29 heavy (non-hydrogen) atoms. The van der Waals surface area contributed by atoms with Crippen LogP contribution in [0.5, 0.6) is 0 Å². The molecule has 1 aliphatic rings. The van der Waals surface area contributed by atoms with Gasteiger partial charge in [0.25, 0.3) is 0 Å². The number of anilines is 2. The van der Waals surface area contributed by atoms with Gasteiger partial charge in [0.1, 0.15) is 0 Å². The van der Waals surface area contributed by atoms with Gasteiger partial charge in [-0.1, -0.05) is 23.7 Å². The Morgan fingerprint density at radius 2 is 1.93 bits per heavy atom. The van der Waals surface area contributed by atoms with E-state index in [2.05, 4.69) is 39.8 Å². The molecule has 0 spiro atoms. The molecule has 1 saturated heterocycles. The number of carbonyl (C=O) groups excluding carboxylic acids is 1. The number of nitrogens with one attached hydrogen (secondary N) is 2. The largest absolute Gasteiger partial charge is 0.462 e. The molecule has 0 aliphatic carbocycles. The topological polar surface area (TPSA) is 62.8 Å². The van der Waals surface area contributed by atoms with Crippen molar-refractivity contribution in [1.82, 2.24) is 5.32 Å². The van der Waals surface area contributed by atoms with Crippen LogP contribution in [0.3, 0.4) is 0 Å². The number of halogens is 1. The van der Waals surface area contributed by atoms with Crippen LogP contribution in [0.15, 0.2) is 42.5 Å². The number of hydrogen-bond donors (Lipinski definition) is 2. The molecule has 0 bridgehead atoms. The molecular weight excluding hydrogens is 410 g/mol. The second kappa shape index (κ2) is 10.4. The second-order valence-electron chi connectivity index (χ2n) is 6.49. The maximum absolute atomic E-state index is 11.8. The number of nitrogens with zero attached hydrogens (tertiary/aromatic N) is 1. The Hall–Kier alpha value is -2.35. The Kier molecular flexibility index (Phi) is 7.69. The highest BCUT2D eigenvalue weighted by atomic mass is 35.5. The molecule has 2 aromatic rings. The molecular formula is C21H24ClN3O3S. The van der Waals surface area contributed by atoms with E-state index >= 15 is 0 Å². The highest BCUT2D eigenvalue weighted by molar-refractivity contribution is 7.80. The van der Waals surface area contributed by atoms with E-state index in [-0.39, 0.29) is 0 Å². The minimum absolute atomic E-state index is 0.302. The van der Waals surface area contributed by atoms with Crippen molar-refractivity contribution in [2.75, 3.05) is 43.1 Å². The maximum atomic E-state index is 11.8. The van der Waals surface area contributed by atoms with E-state index < -0.39 is 5.97 Å². The SMILES string of the molecule is CCOC(=O)c1ccc(NC(=S)NCc2ccc(N3CCOCC3)cc2)cc1Cl. The zero-order valence-corrected chi connectivity index (χ0v) is 17.8. The standard InChI is InChI=1S/C21H24ClN3O3S/c1-2-28-20(26)18-8-5-16(13-19(18)22)24-21(29)23-14-15-3-6-17(7-4-15)25-9-11-27-12-10-25/h3-8,13H,2,9-12,14H2,1H3,(H2,23,24,29). The van der Waals surface area contributed by atoms with Crippen LogP contribution in [0.2, 0.25) is 5.02 Å². The van der Waals surface area contributed by atoms with E-state index in [0.717, 1.165) is 31.9 Å². The lowest BCUT2D eigenvalue weighted by atomic mass is 10.2. The summed E-state index contributed by atoms with van der Waals surface area (Å²) in [6, 6.07) is 13.4. The van der Waals surface area contributed by atoms with E-state index in [1.54, 1.807) is 25.1 Å². The first-order chi connectivity index (χ1) is 14.1. The van der Waals surface area contributed by atoms with Gasteiger partial charge in [0, 0.05) is 31.0 Å². The molecule has 0 saturated carbocycles. The van der Waals surface area contributed by atoms with Gasteiger partial charge in [-0.25, -0.2) is 4.79 Å². The summed E-state index contributed by atoms with van der Waals surface area (Å²) >= 11 is 11.5. The Bertz CT molecular complexity index is 855. The first-order valence-electron chi connectivity index (χ1n) is 9.50. The summed E-state index contributed by atoms with van der Waals surface area (Å²) in [4.78, 5) is 14.1. The predicted molar refractivity (Wildman–Crippen MR) is 120 cm³/mol. The molecule has 2 N–H and O–H groups in total. The molecule has 1 aliphatic heterocycles. The number of benzene rings is 2. The molecule has 8 heteroatoms. The number of ether oxygens (including phenoxy) is 2. The van der Waals surface area contributed by atoms with Crippen molar-refractivity contribution < 1.29 is 14.3 Å². The van der Waals surface area contributed by atoms with Crippen LogP contribution < -0.4 is 15.5 Å². The van der Waals surface area contributed by atoms with Crippen LogP contribution in [0.4, 0.5) is 11.4 Å². The number of esters is 1. The van der Waals surface area contributed by atoms with Crippen molar-refractivity contribution in [2.45, 2.75) is 13.5 Å². The zero-order valence-electron chi connectivity index (χ0n) is 16.2. The summed E-state index contributed by atoms with van der Waals surface area (Å²) in [7, 11) is 0. The first-order valence-corrected chi connectivity index (χ1v) is 10.3. The smallest absolute Gasteiger partial charge is 0.339 e. The minimum Gasteiger partial charge on any atom is -0.462 e. The van der Waals surface area contributed by atoms with Gasteiger partial charge in [0.15, 0.2) is 5.11 Å². The van der Waals surface area contributed by atoms with Crippen LogP contribution in [0.1, 0.15) is 22.8 Å². The van der Waals surface area contributed by atoms with Crippen LogP contribution in [0, 0.1) is 0 Å². The summed E-state index contributed by atoms with van der Waals surface area (Å²) in [6.07, 6.45) is 0. The molecule has 0 amide bonds. The summed E-state index contributed by atoms with van der Waals surface area (Å²) in [5.74, 6) is -0.440. The monoisotopic (exact) mass is 433 g/mol. The Morgan fingerprint density at radius 1 is 1.21 bits per heavy atom. The third kappa shape index (κ3) is 6.06. The molecule has 3 rings (SSSR count). The van der Waals surface area contributed by atoms with Gasteiger partial charge >= 0.3 is 5.97 Å². The van der Waals surface area contributed by atoms with Crippen molar-refractivity contribution in [3.05, 3.63) is 58.6 Å². The second-order valence-corrected chi connectivity index (χ2v) is 7.30. The minimum atomic E-state index is -0.440. The van der Waals surface area contributed by atoms with Crippen molar-refractivity contribution in [1.29, 1.82) is 0 Å². The van der Waals surface area contributed by atoms with E-state index in [1.807, 2.05) is 0 Å². The lowest BCUT2D eigenvalue weighted by molar-refractivity contribution is 0.0526. The summed E-state index contributed by atoms with van der Waals surface area (Å²) in [5, 5.41) is 7.04. The number of thiocarbonyl (C=S) groups is 1. The zero-order chi connectivity index (χ0) is 20.6. The van der Waals surface area contributed by atoms with Crippen molar-refractivity contribution in [2.24, 2.45) is 0 Å². The fourth-order valence-corrected chi connectivity index (χ4v) is 3.42. The molecule has 0 atom stereocenters. The predicted octanol–water partition coefficient (Wildman–Crippen LogP) is 3.84. The van der Waals surface area contributed by atoms with Gasteiger partial charge in [0.2, 0.25) is 0 Å². The quantitative estimate of drug-likeness (QED) is 0.530. The Morgan fingerprint density at radius 3 is 2.59 bits per heavy atom. The molecule has 154 valence electrons. The number of carbonyl (C=O) groups is 1. The van der Waals surface area contributed by atoms with Gasteiger partial charge in [0.05, 0.1) is 30.4 Å².